The summed E-state index contributed by atoms with van der Waals surface area (Å²) in [5.41, 5.74) is -0.584. The average Bonchev–Trinajstić information content (AvgIpc) is 2.91. The second-order valence-electron chi connectivity index (χ2n) is 7.19. The molecule has 2 aliphatic heterocycles. The Bertz CT molecular complexity index is 586. The molecule has 0 aromatic rings. The van der Waals surface area contributed by atoms with Gasteiger partial charge >= 0.3 is 16.3 Å². The summed E-state index contributed by atoms with van der Waals surface area (Å²) in [5, 5.41) is 0. The van der Waals surface area contributed by atoms with Crippen molar-refractivity contribution in [3.63, 3.8) is 0 Å². The van der Waals surface area contributed by atoms with Crippen molar-refractivity contribution in [2.24, 2.45) is 5.92 Å². The minimum atomic E-state index is -4.59. The third-order valence-corrected chi connectivity index (χ3v) is 4.80. The normalized spacial score (nSPS) is 26.0. The van der Waals surface area contributed by atoms with Crippen LogP contribution in [0.4, 0.5) is 8.68 Å². The van der Waals surface area contributed by atoms with Crippen molar-refractivity contribution in [1.82, 2.24) is 9.80 Å². The smallest absolute Gasteiger partial charge is 0.410 e. The maximum absolute atomic E-state index is 12.8. The van der Waals surface area contributed by atoms with E-state index >= 15 is 0 Å². The van der Waals surface area contributed by atoms with E-state index in [4.69, 9.17) is 4.74 Å². The van der Waals surface area contributed by atoms with E-state index < -0.39 is 33.6 Å². The van der Waals surface area contributed by atoms with Crippen LogP contribution in [0.15, 0.2) is 0 Å². The van der Waals surface area contributed by atoms with E-state index in [9.17, 15) is 21.9 Å². The third-order valence-electron chi connectivity index (χ3n) is 3.93. The molecule has 0 radical (unpaired) electrons. The molecular weight excluding hydrogens is 327 g/mol. The Morgan fingerprint density at radius 3 is 2.57 bits per heavy atom. The lowest BCUT2D eigenvalue weighted by Crippen LogP contribution is -2.41. The zero-order valence-electron chi connectivity index (χ0n) is 13.6. The molecule has 0 aliphatic carbocycles. The Labute approximate surface area is 136 Å². The van der Waals surface area contributed by atoms with Crippen molar-refractivity contribution in [2.75, 3.05) is 25.4 Å². The summed E-state index contributed by atoms with van der Waals surface area (Å²) in [4.78, 5) is 27.2. The highest BCUT2D eigenvalue weighted by Gasteiger charge is 2.40. The number of hydrogen-bond acceptors (Lipinski definition) is 5. The predicted molar refractivity (Wildman–Crippen MR) is 80.9 cm³/mol. The number of ether oxygens (including phenoxy) is 1. The van der Waals surface area contributed by atoms with E-state index in [0.29, 0.717) is 19.5 Å². The van der Waals surface area contributed by atoms with Crippen molar-refractivity contribution in [3.8, 4) is 0 Å². The van der Waals surface area contributed by atoms with Crippen LogP contribution in [0.3, 0.4) is 0 Å². The van der Waals surface area contributed by atoms with E-state index in [1.165, 1.54) is 0 Å². The molecule has 0 bridgehead atoms. The summed E-state index contributed by atoms with van der Waals surface area (Å²) < 4.78 is 39.5. The molecular formula is C14H23FN2O5S. The first-order valence-corrected chi connectivity index (χ1v) is 9.19. The number of carbonyl (C=O) groups excluding carboxylic acids is 2. The lowest BCUT2D eigenvalue weighted by molar-refractivity contribution is -0.129. The molecule has 2 unspecified atom stereocenters. The van der Waals surface area contributed by atoms with Crippen LogP contribution in [0.25, 0.3) is 0 Å². The lowest BCUT2D eigenvalue weighted by Gasteiger charge is -2.26. The molecule has 2 saturated heterocycles. The van der Waals surface area contributed by atoms with E-state index in [0.717, 1.165) is 0 Å². The van der Waals surface area contributed by atoms with Crippen molar-refractivity contribution < 1.29 is 26.6 Å². The molecule has 2 rings (SSSR count). The molecule has 2 heterocycles. The highest BCUT2D eigenvalue weighted by Crippen LogP contribution is 2.27. The average molecular weight is 350 g/mol. The Balaban J connectivity index is 1.92. The van der Waals surface area contributed by atoms with E-state index in [2.05, 4.69) is 0 Å². The van der Waals surface area contributed by atoms with Gasteiger partial charge in [0.05, 0.1) is 11.8 Å². The van der Waals surface area contributed by atoms with Gasteiger partial charge in [0.1, 0.15) is 5.60 Å². The Morgan fingerprint density at radius 1 is 1.35 bits per heavy atom. The lowest BCUT2D eigenvalue weighted by atomic mass is 10.1. The van der Waals surface area contributed by atoms with Crippen LogP contribution in [-0.4, -0.2) is 67.2 Å². The zero-order valence-corrected chi connectivity index (χ0v) is 14.4. The van der Waals surface area contributed by atoms with Gasteiger partial charge in [-0.25, -0.2) is 4.79 Å². The van der Waals surface area contributed by atoms with Gasteiger partial charge in [-0.3, -0.25) is 4.79 Å². The Hall–Kier alpha value is -1.38. The molecule has 0 saturated carbocycles. The fourth-order valence-electron chi connectivity index (χ4n) is 3.04. The third kappa shape index (κ3) is 5.05. The monoisotopic (exact) mass is 350 g/mol. The quantitative estimate of drug-likeness (QED) is 0.713. The molecule has 0 spiro atoms. The summed E-state index contributed by atoms with van der Waals surface area (Å²) in [5.74, 6) is -1.33. The molecule has 2 atom stereocenters. The topological polar surface area (TPSA) is 84.0 Å². The number of carbonyl (C=O) groups is 2. The first kappa shape index (κ1) is 18.0. The first-order valence-electron chi connectivity index (χ1n) is 7.64. The summed E-state index contributed by atoms with van der Waals surface area (Å²) in [6.45, 7) is 6.40. The minimum Gasteiger partial charge on any atom is -0.444 e. The van der Waals surface area contributed by atoms with E-state index in [1.54, 1.807) is 30.6 Å². The van der Waals surface area contributed by atoms with Crippen LogP contribution in [0.2, 0.25) is 0 Å². The van der Waals surface area contributed by atoms with Gasteiger partial charge in [-0.1, -0.05) is 0 Å². The van der Waals surface area contributed by atoms with Gasteiger partial charge in [0.15, 0.2) is 0 Å². The van der Waals surface area contributed by atoms with Gasteiger partial charge in [-0.15, -0.1) is 3.89 Å². The standard InChI is InChI=1S/C14H23FN2O5S/c1-14(2,3)22-13(19)16-5-4-11(8-16)17-7-10(6-12(17)18)9-23(15,20)21/h10-11H,4-9H2,1-3H3. The van der Waals surface area contributed by atoms with Gasteiger partial charge < -0.3 is 14.5 Å². The molecule has 2 aliphatic rings. The number of amides is 2. The largest absolute Gasteiger partial charge is 0.444 e. The number of halogens is 1. The second-order valence-corrected chi connectivity index (χ2v) is 8.60. The van der Waals surface area contributed by atoms with Crippen molar-refractivity contribution in [2.45, 2.75) is 45.3 Å². The van der Waals surface area contributed by atoms with Crippen LogP contribution in [0.1, 0.15) is 33.6 Å². The number of likely N-dealkylation sites (tertiary alicyclic amines) is 2. The molecule has 0 aromatic heterocycles. The Morgan fingerprint density at radius 2 is 2.00 bits per heavy atom. The highest BCUT2D eigenvalue weighted by atomic mass is 32.3. The van der Waals surface area contributed by atoms with Crippen LogP contribution < -0.4 is 0 Å². The molecule has 9 heteroatoms. The molecule has 2 fully saturated rings. The van der Waals surface area contributed by atoms with E-state index in [-0.39, 0.29) is 24.9 Å². The molecule has 132 valence electrons. The summed E-state index contributed by atoms with van der Waals surface area (Å²) in [6.07, 6.45) is 0.223. The maximum atomic E-state index is 12.8. The summed E-state index contributed by atoms with van der Waals surface area (Å²) >= 11 is 0. The first-order chi connectivity index (χ1) is 10.4. The predicted octanol–water partition coefficient (Wildman–Crippen LogP) is 1.14. The van der Waals surface area contributed by atoms with Gasteiger partial charge in [-0.05, 0) is 27.2 Å². The molecule has 2 amide bonds. The van der Waals surface area contributed by atoms with Crippen molar-refractivity contribution in [1.29, 1.82) is 0 Å². The zero-order chi connectivity index (χ0) is 17.4. The SMILES string of the molecule is CC(C)(C)OC(=O)N1CCC(N2CC(CS(=O)(=O)F)CC2=O)C1. The fraction of sp³-hybridized carbons (Fsp3) is 0.857. The van der Waals surface area contributed by atoms with Gasteiger partial charge in [0.2, 0.25) is 5.91 Å². The minimum absolute atomic E-state index is 0.0338. The van der Waals surface area contributed by atoms with Gasteiger partial charge in [0.25, 0.3) is 0 Å². The van der Waals surface area contributed by atoms with Crippen molar-refractivity contribution in [3.05, 3.63) is 0 Å². The van der Waals surface area contributed by atoms with Gasteiger partial charge in [-0.2, -0.15) is 8.42 Å². The molecule has 0 aromatic carbocycles. The van der Waals surface area contributed by atoms with Crippen LogP contribution >= 0.6 is 0 Å². The highest BCUT2D eigenvalue weighted by molar-refractivity contribution is 7.86. The number of rotatable bonds is 3. The Kier molecular flexibility index (Phi) is 4.89. The van der Waals surface area contributed by atoms with Crippen LogP contribution in [-0.2, 0) is 19.8 Å². The second kappa shape index (κ2) is 6.26. The fourth-order valence-corrected chi connectivity index (χ4v) is 3.83. The number of nitrogens with zero attached hydrogens (tertiary/aromatic N) is 2. The van der Waals surface area contributed by atoms with E-state index in [1.807, 2.05) is 0 Å². The van der Waals surface area contributed by atoms with Crippen LogP contribution in [0.5, 0.6) is 0 Å². The summed E-state index contributed by atoms with van der Waals surface area (Å²) in [6, 6.07) is -0.165. The summed E-state index contributed by atoms with van der Waals surface area (Å²) in [7, 11) is -4.59. The molecule has 0 N–H and O–H groups in total. The maximum Gasteiger partial charge on any atom is 0.410 e. The molecule has 7 nitrogen and oxygen atoms in total. The molecule has 23 heavy (non-hydrogen) atoms. The number of hydrogen-bond donors (Lipinski definition) is 0. The van der Waals surface area contributed by atoms with Gasteiger partial charge in [0, 0.05) is 32.0 Å². The van der Waals surface area contributed by atoms with Crippen molar-refractivity contribution >= 4 is 22.2 Å². The van der Waals surface area contributed by atoms with Crippen LogP contribution in [0, 0.1) is 5.92 Å².